The summed E-state index contributed by atoms with van der Waals surface area (Å²) in [6.07, 6.45) is 5.77. The highest BCUT2D eigenvalue weighted by molar-refractivity contribution is 6.30. The Kier molecular flexibility index (Phi) is 5.27. The average Bonchev–Trinajstić information content (AvgIpc) is 2.67. The average molecular weight is 311 g/mol. The Bertz CT molecular complexity index is 629. The van der Waals surface area contributed by atoms with Crippen molar-refractivity contribution < 1.29 is 10.2 Å². The fraction of sp³-hybridized carbons (Fsp3) is 0.500. The molecule has 1 atom stereocenters. The Morgan fingerprint density at radius 2 is 2.24 bits per heavy atom. The Morgan fingerprint density at radius 1 is 1.57 bits per heavy atom. The lowest BCUT2D eigenvalue weighted by atomic mass is 10.1. The molecule has 4 nitrogen and oxygen atoms in total. The minimum Gasteiger partial charge on any atom is -0.390 e. The molecule has 2 heterocycles. The fourth-order valence-corrected chi connectivity index (χ4v) is 3.01. The van der Waals surface area contributed by atoms with E-state index in [1.165, 1.54) is 0 Å². The molecule has 0 aliphatic carbocycles. The monoisotopic (exact) mass is 310 g/mol. The summed E-state index contributed by atoms with van der Waals surface area (Å²) in [5, 5.41) is 21.9. The number of halogens is 1. The smallest absolute Gasteiger partial charge is 0.125 e. The van der Waals surface area contributed by atoms with Crippen LogP contribution in [0.1, 0.15) is 20.3 Å². The minimum absolute atomic E-state index is 0.322. The number of hydrogen-bond acceptors (Lipinski definition) is 3. The molecule has 1 aliphatic rings. The van der Waals surface area contributed by atoms with Crippen LogP contribution in [-0.4, -0.2) is 45.1 Å². The molecule has 1 saturated heterocycles. The second-order valence-electron chi connectivity index (χ2n) is 5.42. The Balaban J connectivity index is 2.29. The number of β-amino-alcohol motifs (C(OH)–C–C–N with tert-alkyl or cyclic N) is 1. The summed E-state index contributed by atoms with van der Waals surface area (Å²) in [6, 6.07) is 0. The minimum atomic E-state index is -0.628. The molecule has 1 fully saturated rings. The maximum absolute atomic E-state index is 10.2. The third kappa shape index (κ3) is 3.40. The van der Waals surface area contributed by atoms with Gasteiger partial charge in [-0.05, 0) is 18.9 Å². The van der Waals surface area contributed by atoms with E-state index in [1.807, 2.05) is 34.7 Å². The summed E-state index contributed by atoms with van der Waals surface area (Å²) < 4.78 is 1.88. The van der Waals surface area contributed by atoms with Crippen molar-refractivity contribution in [3.05, 3.63) is 33.9 Å². The van der Waals surface area contributed by atoms with Crippen LogP contribution in [0.15, 0.2) is 18.3 Å². The molecule has 1 unspecified atom stereocenters. The van der Waals surface area contributed by atoms with Crippen LogP contribution < -0.4 is 10.6 Å². The molecule has 5 heteroatoms. The predicted molar refractivity (Wildman–Crippen MR) is 86.3 cm³/mol. The number of nitrogens with zero attached hydrogens (tertiary/aromatic N) is 2. The molecule has 1 aromatic rings. The normalized spacial score (nSPS) is 19.9. The molecule has 21 heavy (non-hydrogen) atoms. The van der Waals surface area contributed by atoms with Crippen molar-refractivity contribution >= 4 is 23.8 Å². The van der Waals surface area contributed by atoms with Gasteiger partial charge in [0.1, 0.15) is 6.23 Å². The van der Waals surface area contributed by atoms with Crippen LogP contribution >= 0.6 is 11.6 Å². The number of likely N-dealkylation sites (tertiary alicyclic amines) is 1. The topological polar surface area (TPSA) is 48.6 Å². The molecule has 2 N–H and O–H groups in total. The highest BCUT2D eigenvalue weighted by atomic mass is 35.5. The molecule has 0 aromatic carbocycles. The quantitative estimate of drug-likeness (QED) is 0.841. The first-order valence-corrected chi connectivity index (χ1v) is 7.65. The van der Waals surface area contributed by atoms with Gasteiger partial charge in [-0.15, -0.1) is 0 Å². The van der Waals surface area contributed by atoms with Crippen LogP contribution in [-0.2, 0) is 6.54 Å². The largest absolute Gasteiger partial charge is 0.390 e. The number of hydrogen-bond donors (Lipinski definition) is 2. The first-order chi connectivity index (χ1) is 9.97. The van der Waals surface area contributed by atoms with E-state index in [2.05, 4.69) is 13.5 Å². The lowest BCUT2D eigenvalue weighted by molar-refractivity contribution is -0.105. The van der Waals surface area contributed by atoms with E-state index in [4.69, 9.17) is 11.6 Å². The lowest BCUT2D eigenvalue weighted by Gasteiger charge is -2.39. The van der Waals surface area contributed by atoms with E-state index in [1.54, 1.807) is 0 Å². The number of rotatable bonds is 5. The van der Waals surface area contributed by atoms with Crippen molar-refractivity contribution in [3.63, 3.8) is 0 Å². The number of aliphatic hydroxyl groups excluding tert-OH is 2. The van der Waals surface area contributed by atoms with E-state index < -0.39 is 6.23 Å². The summed E-state index contributed by atoms with van der Waals surface area (Å²) in [5.41, 5.74) is 1.14. The molecule has 0 radical (unpaired) electrons. The highest BCUT2D eigenvalue weighted by Crippen LogP contribution is 2.12. The van der Waals surface area contributed by atoms with Crippen LogP contribution in [0.3, 0.4) is 0 Å². The maximum atomic E-state index is 10.2. The zero-order valence-corrected chi connectivity index (χ0v) is 13.3. The van der Waals surface area contributed by atoms with E-state index in [0.717, 1.165) is 22.6 Å². The SMILES string of the molecule is C=c1/c(=C(\C=C/C)CC)c(Cl)cn1CC(O)N1CC(O)C1. The number of aromatic nitrogens is 1. The van der Waals surface area contributed by atoms with Gasteiger partial charge in [-0.25, -0.2) is 0 Å². The fourth-order valence-electron chi connectivity index (χ4n) is 2.66. The van der Waals surface area contributed by atoms with Gasteiger partial charge in [0, 0.05) is 29.9 Å². The summed E-state index contributed by atoms with van der Waals surface area (Å²) in [7, 11) is 0. The molecule has 0 bridgehead atoms. The Labute approximate surface area is 130 Å². The van der Waals surface area contributed by atoms with Crippen molar-refractivity contribution in [2.24, 2.45) is 0 Å². The van der Waals surface area contributed by atoms with Crippen molar-refractivity contribution in [3.8, 4) is 0 Å². The van der Waals surface area contributed by atoms with Gasteiger partial charge in [-0.2, -0.15) is 0 Å². The van der Waals surface area contributed by atoms with Gasteiger partial charge in [-0.3, -0.25) is 4.90 Å². The Morgan fingerprint density at radius 3 is 2.76 bits per heavy atom. The van der Waals surface area contributed by atoms with Crippen molar-refractivity contribution in [2.45, 2.75) is 39.1 Å². The zero-order chi connectivity index (χ0) is 15.6. The van der Waals surface area contributed by atoms with Crippen LogP contribution in [0.4, 0.5) is 0 Å². The third-order valence-electron chi connectivity index (χ3n) is 3.89. The maximum Gasteiger partial charge on any atom is 0.125 e. The van der Waals surface area contributed by atoms with Crippen LogP contribution in [0.25, 0.3) is 12.2 Å². The Hall–Kier alpha value is -1.07. The number of allylic oxidation sites excluding steroid dienone is 2. The van der Waals surface area contributed by atoms with Gasteiger partial charge in [0.2, 0.25) is 0 Å². The first kappa shape index (κ1) is 16.3. The van der Waals surface area contributed by atoms with Crippen molar-refractivity contribution in [2.75, 3.05) is 13.1 Å². The third-order valence-corrected chi connectivity index (χ3v) is 4.17. The van der Waals surface area contributed by atoms with Gasteiger partial charge in [0.25, 0.3) is 0 Å². The molecule has 1 aliphatic heterocycles. The van der Waals surface area contributed by atoms with Crippen LogP contribution in [0.2, 0.25) is 5.02 Å². The molecule has 0 spiro atoms. The summed E-state index contributed by atoms with van der Waals surface area (Å²) in [6.45, 7) is 9.59. The molecule has 0 saturated carbocycles. The zero-order valence-electron chi connectivity index (χ0n) is 12.6. The van der Waals surface area contributed by atoms with E-state index in [0.29, 0.717) is 24.7 Å². The lowest BCUT2D eigenvalue weighted by Crippen LogP contribution is -2.56. The van der Waals surface area contributed by atoms with Crippen molar-refractivity contribution in [1.29, 1.82) is 0 Å². The molecule has 2 rings (SSSR count). The van der Waals surface area contributed by atoms with Crippen molar-refractivity contribution in [1.82, 2.24) is 9.47 Å². The molecule has 116 valence electrons. The second-order valence-corrected chi connectivity index (χ2v) is 5.83. The standard InChI is InChI=1S/C16H23ClN2O2/c1-4-6-12(5-2)16-11(3)18(9-14(16)17)10-15(21)19-7-13(20)8-19/h4,6,9,13,15,20-21H,3,5,7-8,10H2,1-2H3/b6-4-,16-12+. The molecule has 1 aromatic heterocycles. The van der Waals surface area contributed by atoms with E-state index >= 15 is 0 Å². The predicted octanol–water partition coefficient (Wildman–Crippen LogP) is 0.683. The van der Waals surface area contributed by atoms with Gasteiger partial charge in [-0.1, -0.05) is 37.3 Å². The van der Waals surface area contributed by atoms with Gasteiger partial charge in [0.05, 0.1) is 17.7 Å². The van der Waals surface area contributed by atoms with Gasteiger partial charge >= 0.3 is 0 Å². The highest BCUT2D eigenvalue weighted by Gasteiger charge is 2.29. The van der Waals surface area contributed by atoms with Gasteiger partial charge < -0.3 is 14.8 Å². The van der Waals surface area contributed by atoms with Crippen LogP contribution in [0, 0.1) is 0 Å². The summed E-state index contributed by atoms with van der Waals surface area (Å²) in [4.78, 5) is 1.83. The van der Waals surface area contributed by atoms with E-state index in [9.17, 15) is 10.2 Å². The number of aliphatic hydroxyl groups is 2. The summed E-state index contributed by atoms with van der Waals surface area (Å²) in [5.74, 6) is 0. The molecule has 0 amide bonds. The second kappa shape index (κ2) is 6.79. The van der Waals surface area contributed by atoms with E-state index in [-0.39, 0.29) is 6.10 Å². The van der Waals surface area contributed by atoms with Crippen LogP contribution in [0.5, 0.6) is 0 Å². The first-order valence-electron chi connectivity index (χ1n) is 7.27. The molecular formula is C16H23ClN2O2. The molecular weight excluding hydrogens is 288 g/mol. The van der Waals surface area contributed by atoms with Gasteiger partial charge in [0.15, 0.2) is 0 Å². The summed E-state index contributed by atoms with van der Waals surface area (Å²) >= 11 is 6.34.